The first-order valence-corrected chi connectivity index (χ1v) is 10.8. The number of rotatable bonds is 7. The molecule has 3 aromatic rings. The van der Waals surface area contributed by atoms with Crippen LogP contribution in [0.4, 0.5) is 11.4 Å². The molecule has 7 heteroatoms. The largest absolute Gasteiger partial charge is 0.481 e. The van der Waals surface area contributed by atoms with Crippen LogP contribution in [0.3, 0.4) is 0 Å². The molecule has 0 unspecified atom stereocenters. The molecule has 0 spiro atoms. The maximum absolute atomic E-state index is 12.2. The van der Waals surface area contributed by atoms with Gasteiger partial charge in [0.2, 0.25) is 0 Å². The van der Waals surface area contributed by atoms with Gasteiger partial charge in [-0.1, -0.05) is 58.6 Å². The lowest BCUT2D eigenvalue weighted by atomic mass is 10.1. The van der Waals surface area contributed by atoms with E-state index in [-0.39, 0.29) is 18.3 Å². The summed E-state index contributed by atoms with van der Waals surface area (Å²) >= 11 is 18.8. The molecule has 0 aliphatic rings. The van der Waals surface area contributed by atoms with Crippen LogP contribution in [0.25, 0.3) is 0 Å². The lowest BCUT2D eigenvalue weighted by molar-refractivity contribution is -0.118. The number of halogens is 3. The van der Waals surface area contributed by atoms with E-state index in [0.717, 1.165) is 22.4 Å². The zero-order chi connectivity index (χ0) is 22.5. The topological polar surface area (TPSA) is 50.4 Å². The first-order chi connectivity index (χ1) is 14.7. The van der Waals surface area contributed by atoms with Gasteiger partial charge in [-0.25, -0.2) is 0 Å². The molecule has 3 rings (SSSR count). The minimum atomic E-state index is -0.340. The molecule has 0 bridgehead atoms. The van der Waals surface area contributed by atoms with Crippen molar-refractivity contribution in [3.05, 3.63) is 85.9 Å². The number of ether oxygens (including phenoxy) is 1. The molecule has 0 aromatic heterocycles. The molecule has 0 heterocycles. The summed E-state index contributed by atoms with van der Waals surface area (Å²) in [6.45, 7) is 6.33. The number of anilines is 2. The Balaban J connectivity index is 1.60. The second kappa shape index (κ2) is 10.3. The maximum Gasteiger partial charge on any atom is 0.262 e. The number of amides is 1. The number of carbonyl (C=O) groups is 1. The summed E-state index contributed by atoms with van der Waals surface area (Å²) in [5.41, 5.74) is 5.85. The van der Waals surface area contributed by atoms with Crippen LogP contribution in [0.5, 0.6) is 5.75 Å². The van der Waals surface area contributed by atoms with E-state index in [4.69, 9.17) is 39.5 Å². The molecule has 0 aliphatic carbocycles. The molecule has 2 N–H and O–H groups in total. The SMILES string of the molecule is Cc1ccc(NCc2cc(Cl)c(OCC(=O)Nc3ccc(C)c(Cl)c3)c(Cl)c2)c(C)c1. The fourth-order valence-electron chi connectivity index (χ4n) is 3.07. The third kappa shape index (κ3) is 6.30. The van der Waals surface area contributed by atoms with Crippen LogP contribution >= 0.6 is 34.8 Å². The molecule has 0 saturated heterocycles. The van der Waals surface area contributed by atoms with Crippen molar-refractivity contribution in [1.82, 2.24) is 0 Å². The molecule has 0 radical (unpaired) electrons. The van der Waals surface area contributed by atoms with E-state index in [1.807, 2.05) is 19.1 Å². The van der Waals surface area contributed by atoms with E-state index in [2.05, 4.69) is 36.6 Å². The quantitative estimate of drug-likeness (QED) is 0.378. The van der Waals surface area contributed by atoms with Gasteiger partial charge in [-0.2, -0.15) is 0 Å². The van der Waals surface area contributed by atoms with Gasteiger partial charge in [-0.05, 0) is 67.8 Å². The Morgan fingerprint density at radius 3 is 2.23 bits per heavy atom. The first-order valence-electron chi connectivity index (χ1n) is 9.71. The van der Waals surface area contributed by atoms with Crippen molar-refractivity contribution in [2.75, 3.05) is 17.2 Å². The fraction of sp³-hybridized carbons (Fsp3) is 0.208. The van der Waals surface area contributed by atoms with Gasteiger partial charge in [0.15, 0.2) is 12.4 Å². The summed E-state index contributed by atoms with van der Waals surface area (Å²) in [7, 11) is 0. The third-order valence-corrected chi connectivity index (χ3v) is 5.69. The molecule has 4 nitrogen and oxygen atoms in total. The monoisotopic (exact) mass is 476 g/mol. The van der Waals surface area contributed by atoms with Crippen LogP contribution in [0.1, 0.15) is 22.3 Å². The van der Waals surface area contributed by atoms with E-state index in [0.29, 0.717) is 27.3 Å². The highest BCUT2D eigenvalue weighted by Crippen LogP contribution is 2.34. The Morgan fingerprint density at radius 2 is 1.58 bits per heavy atom. The Labute approximate surface area is 197 Å². The van der Waals surface area contributed by atoms with Gasteiger partial charge in [0.05, 0.1) is 10.0 Å². The molecule has 1 amide bonds. The standard InChI is InChI=1S/C24H23Cl3N2O2/c1-14-4-7-22(16(3)8-14)28-12-17-9-20(26)24(21(27)10-17)31-13-23(30)29-18-6-5-15(2)19(25)11-18/h4-11,28H,12-13H2,1-3H3,(H,29,30). The van der Waals surface area contributed by atoms with Gasteiger partial charge in [0.25, 0.3) is 5.91 Å². The van der Waals surface area contributed by atoms with Crippen LogP contribution < -0.4 is 15.4 Å². The molecule has 31 heavy (non-hydrogen) atoms. The highest BCUT2D eigenvalue weighted by molar-refractivity contribution is 6.37. The van der Waals surface area contributed by atoms with Crippen molar-refractivity contribution in [1.29, 1.82) is 0 Å². The van der Waals surface area contributed by atoms with Gasteiger partial charge < -0.3 is 15.4 Å². The molecule has 0 saturated carbocycles. The van der Waals surface area contributed by atoms with Gasteiger partial charge in [-0.15, -0.1) is 0 Å². The first kappa shape index (κ1) is 23.3. The number of carbonyl (C=O) groups excluding carboxylic acids is 1. The summed E-state index contributed by atoms with van der Waals surface area (Å²) in [6, 6.07) is 15.1. The summed E-state index contributed by atoms with van der Waals surface area (Å²) in [5, 5.41) is 7.38. The molecular weight excluding hydrogens is 455 g/mol. The van der Waals surface area contributed by atoms with E-state index in [1.54, 1.807) is 24.3 Å². The smallest absolute Gasteiger partial charge is 0.262 e. The van der Waals surface area contributed by atoms with Crippen molar-refractivity contribution in [2.24, 2.45) is 0 Å². The van der Waals surface area contributed by atoms with Crippen LogP contribution in [0, 0.1) is 20.8 Å². The Hall–Kier alpha value is -2.40. The van der Waals surface area contributed by atoms with Gasteiger partial charge >= 0.3 is 0 Å². The summed E-state index contributed by atoms with van der Waals surface area (Å²) in [4.78, 5) is 12.2. The van der Waals surface area contributed by atoms with Crippen molar-refractivity contribution in [3.8, 4) is 5.75 Å². The van der Waals surface area contributed by atoms with E-state index >= 15 is 0 Å². The predicted octanol–water partition coefficient (Wildman–Crippen LogP) is 7.20. The van der Waals surface area contributed by atoms with E-state index in [1.165, 1.54) is 5.56 Å². The average molecular weight is 478 g/mol. The Bertz CT molecular complexity index is 1090. The number of aryl methyl sites for hydroxylation is 3. The van der Waals surface area contributed by atoms with Gasteiger partial charge in [-0.3, -0.25) is 4.79 Å². The molecule has 162 valence electrons. The van der Waals surface area contributed by atoms with Crippen molar-refractivity contribution < 1.29 is 9.53 Å². The lowest BCUT2D eigenvalue weighted by Gasteiger charge is -2.14. The second-order valence-electron chi connectivity index (χ2n) is 7.36. The van der Waals surface area contributed by atoms with Gasteiger partial charge in [0.1, 0.15) is 0 Å². The van der Waals surface area contributed by atoms with Crippen LogP contribution in [0.15, 0.2) is 48.5 Å². The van der Waals surface area contributed by atoms with Crippen LogP contribution in [-0.4, -0.2) is 12.5 Å². The zero-order valence-corrected chi connectivity index (χ0v) is 19.8. The second-order valence-corrected chi connectivity index (χ2v) is 8.58. The summed E-state index contributed by atoms with van der Waals surface area (Å²) < 4.78 is 5.58. The number of hydrogen-bond acceptors (Lipinski definition) is 3. The minimum absolute atomic E-state index is 0.231. The van der Waals surface area contributed by atoms with E-state index < -0.39 is 0 Å². The molecule has 0 atom stereocenters. The van der Waals surface area contributed by atoms with Gasteiger partial charge in [0, 0.05) is 22.9 Å². The highest BCUT2D eigenvalue weighted by atomic mass is 35.5. The van der Waals surface area contributed by atoms with Crippen molar-refractivity contribution in [2.45, 2.75) is 27.3 Å². The minimum Gasteiger partial charge on any atom is -0.481 e. The number of hydrogen-bond donors (Lipinski definition) is 2. The lowest BCUT2D eigenvalue weighted by Crippen LogP contribution is -2.20. The maximum atomic E-state index is 12.2. The number of nitrogens with one attached hydrogen (secondary N) is 2. The Morgan fingerprint density at radius 1 is 0.871 bits per heavy atom. The molecule has 3 aromatic carbocycles. The van der Waals surface area contributed by atoms with Crippen molar-refractivity contribution in [3.63, 3.8) is 0 Å². The predicted molar refractivity (Wildman–Crippen MR) is 130 cm³/mol. The zero-order valence-electron chi connectivity index (χ0n) is 17.5. The highest BCUT2D eigenvalue weighted by Gasteiger charge is 2.13. The fourth-order valence-corrected chi connectivity index (χ4v) is 3.89. The van der Waals surface area contributed by atoms with Crippen molar-refractivity contribution >= 4 is 52.1 Å². The normalized spacial score (nSPS) is 10.6. The summed E-state index contributed by atoms with van der Waals surface area (Å²) in [6.07, 6.45) is 0. The number of benzene rings is 3. The van der Waals surface area contributed by atoms with Crippen LogP contribution in [0.2, 0.25) is 15.1 Å². The summed E-state index contributed by atoms with van der Waals surface area (Å²) in [5.74, 6) is -0.0664. The third-order valence-electron chi connectivity index (χ3n) is 4.73. The van der Waals surface area contributed by atoms with Crippen LogP contribution in [-0.2, 0) is 11.3 Å². The molecule has 0 fully saturated rings. The molecule has 0 aliphatic heterocycles. The van der Waals surface area contributed by atoms with E-state index in [9.17, 15) is 4.79 Å². The molecular formula is C24H23Cl3N2O2. The average Bonchev–Trinajstić information content (AvgIpc) is 2.69. The Kier molecular flexibility index (Phi) is 7.71.